The molecule has 0 unspecified atom stereocenters. The van der Waals surface area contributed by atoms with Crippen LogP contribution in [-0.4, -0.2) is 37.2 Å². The molecule has 0 heterocycles. The molecule has 6 nitrogen and oxygen atoms in total. The van der Waals surface area contributed by atoms with Gasteiger partial charge in [-0.2, -0.15) is 0 Å². The zero-order valence-electron chi connectivity index (χ0n) is 42.9. The maximum absolute atomic E-state index is 12.8. The summed E-state index contributed by atoms with van der Waals surface area (Å²) < 4.78 is 16.8. The van der Waals surface area contributed by atoms with Gasteiger partial charge in [0, 0.05) is 19.3 Å². The highest BCUT2D eigenvalue weighted by Gasteiger charge is 2.19. The number of hydrogen-bond acceptors (Lipinski definition) is 6. The van der Waals surface area contributed by atoms with Crippen molar-refractivity contribution in [3.8, 4) is 0 Å². The molecular weight excluding hydrogens is 829 g/mol. The van der Waals surface area contributed by atoms with Gasteiger partial charge in [0.25, 0.3) is 0 Å². The summed E-state index contributed by atoms with van der Waals surface area (Å²) in [6, 6.07) is 0. The predicted molar refractivity (Wildman–Crippen MR) is 288 cm³/mol. The van der Waals surface area contributed by atoms with E-state index in [0.29, 0.717) is 19.3 Å². The normalized spacial score (nSPS) is 13.2. The molecule has 1 atom stereocenters. The van der Waals surface area contributed by atoms with Crippen LogP contribution < -0.4 is 0 Å². The molecule has 0 aromatic rings. The van der Waals surface area contributed by atoms with Crippen LogP contribution in [0.4, 0.5) is 0 Å². The molecule has 0 fully saturated rings. The number of hydrogen-bond donors (Lipinski definition) is 0. The fourth-order valence-corrected chi connectivity index (χ4v) is 6.73. The van der Waals surface area contributed by atoms with E-state index in [-0.39, 0.29) is 31.1 Å². The van der Waals surface area contributed by atoms with Crippen LogP contribution in [0.2, 0.25) is 0 Å². The zero-order chi connectivity index (χ0) is 48.6. The van der Waals surface area contributed by atoms with Gasteiger partial charge in [-0.15, -0.1) is 0 Å². The summed E-state index contributed by atoms with van der Waals surface area (Å²) in [6.07, 6.45) is 75.7. The first-order chi connectivity index (χ1) is 33.0. The maximum Gasteiger partial charge on any atom is 0.306 e. The molecule has 0 N–H and O–H groups in total. The van der Waals surface area contributed by atoms with Crippen LogP contribution in [0.3, 0.4) is 0 Å². The van der Waals surface area contributed by atoms with Crippen LogP contribution in [0.25, 0.3) is 0 Å². The van der Waals surface area contributed by atoms with Gasteiger partial charge in [0.05, 0.1) is 0 Å². The van der Waals surface area contributed by atoms with Gasteiger partial charge in [-0.1, -0.05) is 199 Å². The predicted octanol–water partition coefficient (Wildman–Crippen LogP) is 17.9. The van der Waals surface area contributed by atoms with Crippen molar-refractivity contribution in [2.24, 2.45) is 0 Å². The SMILES string of the molecule is CCC=CCC=CCC=CCC=CCC=CCCCCCC(=O)OC[C@@H](COC(=O)CCCCCCCC=CCC=CCC=CCC)OC(=O)CCCCCCCC=CCC=CCC=CCC. The molecule has 0 amide bonds. The summed E-state index contributed by atoms with van der Waals surface area (Å²) >= 11 is 0. The number of allylic oxidation sites excluding steroid dienone is 22. The number of carbonyl (C=O) groups is 3. The largest absolute Gasteiger partial charge is 0.462 e. The standard InChI is InChI=1S/C61H96O6/c1-4-7-10-13-16-19-22-25-28-29-30-31-34-36-39-42-45-48-51-54-60(63)66-57-58(67-61(64)55-52-49-46-43-40-37-33-27-24-21-18-15-12-9-6-3)56-65-59(62)53-50-47-44-41-38-35-32-26-23-20-17-14-11-8-5-2/h7-12,16-21,25-28,30-33,36,39,58H,4-6,13-15,22-24,29,34-35,37-38,40-57H2,1-3H3/t58-/m1/s1. The Morgan fingerprint density at radius 3 is 0.851 bits per heavy atom. The van der Waals surface area contributed by atoms with Gasteiger partial charge in [0.1, 0.15) is 13.2 Å². The lowest BCUT2D eigenvalue weighted by Gasteiger charge is -2.18. The van der Waals surface area contributed by atoms with Crippen molar-refractivity contribution in [2.75, 3.05) is 13.2 Å². The number of unbranched alkanes of at least 4 members (excludes halogenated alkanes) is 13. The van der Waals surface area contributed by atoms with Crippen molar-refractivity contribution in [3.05, 3.63) is 134 Å². The van der Waals surface area contributed by atoms with Gasteiger partial charge >= 0.3 is 17.9 Å². The van der Waals surface area contributed by atoms with Gasteiger partial charge in [-0.25, -0.2) is 0 Å². The van der Waals surface area contributed by atoms with Crippen molar-refractivity contribution >= 4 is 17.9 Å². The van der Waals surface area contributed by atoms with Gasteiger partial charge in [-0.05, 0) is 128 Å². The lowest BCUT2D eigenvalue weighted by molar-refractivity contribution is -0.167. The Hall–Kier alpha value is -4.45. The van der Waals surface area contributed by atoms with Crippen LogP contribution in [0.1, 0.15) is 213 Å². The van der Waals surface area contributed by atoms with E-state index in [1.807, 2.05) is 0 Å². The van der Waals surface area contributed by atoms with Gasteiger partial charge < -0.3 is 14.2 Å². The van der Waals surface area contributed by atoms with Crippen molar-refractivity contribution < 1.29 is 28.6 Å². The van der Waals surface area contributed by atoms with Crippen LogP contribution in [-0.2, 0) is 28.6 Å². The zero-order valence-corrected chi connectivity index (χ0v) is 42.9. The molecule has 0 aromatic heterocycles. The van der Waals surface area contributed by atoms with Crippen molar-refractivity contribution in [2.45, 2.75) is 219 Å². The second kappa shape index (κ2) is 54.2. The highest BCUT2D eigenvalue weighted by molar-refractivity contribution is 5.71. The highest BCUT2D eigenvalue weighted by atomic mass is 16.6. The molecule has 0 saturated carbocycles. The summed E-state index contributed by atoms with van der Waals surface area (Å²) in [6.45, 7) is 6.22. The van der Waals surface area contributed by atoms with Crippen LogP contribution in [0, 0.1) is 0 Å². The lowest BCUT2D eigenvalue weighted by atomic mass is 10.1. The van der Waals surface area contributed by atoms with Crippen molar-refractivity contribution in [1.29, 1.82) is 0 Å². The van der Waals surface area contributed by atoms with Crippen molar-refractivity contribution in [1.82, 2.24) is 0 Å². The molecular formula is C61H96O6. The van der Waals surface area contributed by atoms with E-state index in [1.165, 1.54) is 0 Å². The number of ether oxygens (including phenoxy) is 3. The third-order valence-electron chi connectivity index (χ3n) is 10.6. The number of rotatable bonds is 46. The van der Waals surface area contributed by atoms with Crippen LogP contribution in [0.15, 0.2) is 134 Å². The molecule has 0 spiro atoms. The smallest absolute Gasteiger partial charge is 0.306 e. The quantitative estimate of drug-likeness (QED) is 0.0262. The molecule has 0 saturated heterocycles. The number of carbonyl (C=O) groups excluding carboxylic acids is 3. The topological polar surface area (TPSA) is 78.9 Å². The summed E-state index contributed by atoms with van der Waals surface area (Å²) in [5.41, 5.74) is 0. The third kappa shape index (κ3) is 52.4. The molecule has 0 aliphatic rings. The fourth-order valence-electron chi connectivity index (χ4n) is 6.73. The summed E-state index contributed by atoms with van der Waals surface area (Å²) in [5.74, 6) is -0.983. The molecule has 0 aromatic carbocycles. The van der Waals surface area contributed by atoms with E-state index < -0.39 is 6.10 Å². The minimum atomic E-state index is -0.813. The van der Waals surface area contributed by atoms with E-state index in [1.54, 1.807) is 0 Å². The molecule has 0 bridgehead atoms. The van der Waals surface area contributed by atoms with Gasteiger partial charge in [0.15, 0.2) is 6.10 Å². The minimum absolute atomic E-state index is 0.110. The Kier molecular flexibility index (Phi) is 50.6. The second-order valence-electron chi connectivity index (χ2n) is 17.0. The molecule has 67 heavy (non-hydrogen) atoms. The van der Waals surface area contributed by atoms with E-state index >= 15 is 0 Å². The van der Waals surface area contributed by atoms with E-state index in [0.717, 1.165) is 173 Å². The van der Waals surface area contributed by atoms with E-state index in [9.17, 15) is 14.4 Å². The average Bonchev–Trinajstić information content (AvgIpc) is 3.33. The Morgan fingerprint density at radius 1 is 0.299 bits per heavy atom. The maximum atomic E-state index is 12.8. The van der Waals surface area contributed by atoms with Crippen molar-refractivity contribution in [3.63, 3.8) is 0 Å². The minimum Gasteiger partial charge on any atom is -0.462 e. The molecule has 0 rings (SSSR count). The van der Waals surface area contributed by atoms with Crippen LogP contribution in [0.5, 0.6) is 0 Å². The fraction of sp³-hybridized carbons (Fsp3) is 0.590. The molecule has 0 radical (unpaired) electrons. The molecule has 376 valence electrons. The Balaban J connectivity index is 4.53. The molecule has 0 aliphatic heterocycles. The summed E-state index contributed by atoms with van der Waals surface area (Å²) in [5, 5.41) is 0. The van der Waals surface area contributed by atoms with Gasteiger partial charge in [0.2, 0.25) is 0 Å². The molecule has 6 heteroatoms. The first-order valence-electron chi connectivity index (χ1n) is 26.7. The second-order valence-corrected chi connectivity index (χ2v) is 17.0. The summed E-state index contributed by atoms with van der Waals surface area (Å²) in [7, 11) is 0. The number of esters is 3. The van der Waals surface area contributed by atoms with Gasteiger partial charge in [-0.3, -0.25) is 14.4 Å². The highest BCUT2D eigenvalue weighted by Crippen LogP contribution is 2.13. The Morgan fingerprint density at radius 2 is 0.537 bits per heavy atom. The summed E-state index contributed by atoms with van der Waals surface area (Å²) in [4.78, 5) is 38.1. The van der Waals surface area contributed by atoms with E-state index in [4.69, 9.17) is 14.2 Å². The average molecular weight is 925 g/mol. The van der Waals surface area contributed by atoms with E-state index in [2.05, 4.69) is 154 Å². The van der Waals surface area contributed by atoms with Crippen LogP contribution >= 0.6 is 0 Å². The lowest BCUT2D eigenvalue weighted by Crippen LogP contribution is -2.30. The third-order valence-corrected chi connectivity index (χ3v) is 10.6. The Bertz CT molecular complexity index is 1480. The molecule has 0 aliphatic carbocycles. The monoisotopic (exact) mass is 925 g/mol. The Labute approximate surface area is 411 Å². The first-order valence-corrected chi connectivity index (χ1v) is 26.7. The first kappa shape index (κ1) is 62.5.